The maximum absolute atomic E-state index is 11.2. The van der Waals surface area contributed by atoms with Crippen molar-refractivity contribution in [3.63, 3.8) is 0 Å². The maximum Gasteiger partial charge on any atom is 0.323 e. The highest BCUT2D eigenvalue weighted by Crippen LogP contribution is 2.18. The second kappa shape index (κ2) is 9.91. The first-order valence-electron chi connectivity index (χ1n) is 8.95. The summed E-state index contributed by atoms with van der Waals surface area (Å²) in [5.74, 6) is 0.462. The van der Waals surface area contributed by atoms with Gasteiger partial charge in [0.15, 0.2) is 0 Å². The topological polar surface area (TPSA) is 87.6 Å². The van der Waals surface area contributed by atoms with Crippen LogP contribution in [0.15, 0.2) is 73.1 Å². The van der Waals surface area contributed by atoms with E-state index in [1.165, 1.54) is 0 Å². The van der Waals surface area contributed by atoms with Gasteiger partial charge in [-0.3, -0.25) is 4.79 Å². The molecule has 0 aliphatic carbocycles. The predicted molar refractivity (Wildman–Crippen MR) is 108 cm³/mol. The third-order valence-electron chi connectivity index (χ3n) is 3.96. The zero-order chi connectivity index (χ0) is 19.6. The average molecular weight is 378 g/mol. The molecule has 0 unspecified atom stereocenters. The molecule has 3 rings (SSSR count). The normalized spacial score (nSPS) is 10.3. The zero-order valence-electron chi connectivity index (χ0n) is 15.4. The van der Waals surface area contributed by atoms with Gasteiger partial charge < -0.3 is 20.1 Å². The van der Waals surface area contributed by atoms with Gasteiger partial charge in [0.05, 0.1) is 6.54 Å². The van der Waals surface area contributed by atoms with Crippen molar-refractivity contribution < 1.29 is 14.6 Å². The van der Waals surface area contributed by atoms with Crippen LogP contribution in [-0.2, 0) is 11.3 Å². The molecule has 0 aliphatic heterocycles. The Labute approximate surface area is 163 Å². The van der Waals surface area contributed by atoms with Crippen LogP contribution in [0, 0.1) is 0 Å². The molecule has 1 heterocycles. The quantitative estimate of drug-likeness (QED) is 0.524. The molecular formula is C21H22N4O3. The number of nitrogens with one attached hydrogen (secondary N) is 1. The van der Waals surface area contributed by atoms with E-state index in [0.717, 1.165) is 17.0 Å². The van der Waals surface area contributed by atoms with Crippen LogP contribution in [-0.4, -0.2) is 40.7 Å². The Morgan fingerprint density at radius 3 is 2.39 bits per heavy atom. The highest BCUT2D eigenvalue weighted by Gasteiger charge is 2.11. The molecule has 144 valence electrons. The molecule has 0 saturated heterocycles. The van der Waals surface area contributed by atoms with Gasteiger partial charge in [-0.25, -0.2) is 9.97 Å². The summed E-state index contributed by atoms with van der Waals surface area (Å²) in [6, 6.07) is 18.9. The van der Waals surface area contributed by atoms with Gasteiger partial charge >= 0.3 is 5.97 Å². The van der Waals surface area contributed by atoms with Crippen LogP contribution in [0.2, 0.25) is 0 Å². The van der Waals surface area contributed by atoms with Gasteiger partial charge in [-0.2, -0.15) is 0 Å². The maximum atomic E-state index is 11.2. The Kier molecular flexibility index (Phi) is 6.78. The van der Waals surface area contributed by atoms with Gasteiger partial charge in [-0.1, -0.05) is 30.3 Å². The van der Waals surface area contributed by atoms with E-state index in [1.54, 1.807) is 18.5 Å². The minimum atomic E-state index is -0.862. The van der Waals surface area contributed by atoms with Crippen molar-refractivity contribution in [1.29, 1.82) is 0 Å². The predicted octanol–water partition coefficient (Wildman–Crippen LogP) is 3.06. The molecule has 0 amide bonds. The number of carboxylic acids is 1. The van der Waals surface area contributed by atoms with E-state index in [1.807, 2.05) is 59.5 Å². The van der Waals surface area contributed by atoms with Gasteiger partial charge in [0.1, 0.15) is 18.9 Å². The van der Waals surface area contributed by atoms with Crippen LogP contribution < -0.4 is 15.0 Å². The lowest BCUT2D eigenvalue weighted by molar-refractivity contribution is -0.135. The molecular weight excluding hydrogens is 356 g/mol. The summed E-state index contributed by atoms with van der Waals surface area (Å²) in [5, 5.41) is 12.3. The number of aromatic nitrogens is 2. The van der Waals surface area contributed by atoms with Gasteiger partial charge in [-0.15, -0.1) is 0 Å². The van der Waals surface area contributed by atoms with E-state index in [2.05, 4.69) is 15.3 Å². The Balaban J connectivity index is 1.52. The zero-order valence-corrected chi connectivity index (χ0v) is 15.4. The number of carboxylic acid groups (broad SMARTS) is 1. The second-order valence-corrected chi connectivity index (χ2v) is 6.08. The fraction of sp³-hybridized carbons (Fsp3) is 0.190. The number of rotatable bonds is 10. The van der Waals surface area contributed by atoms with Crippen molar-refractivity contribution in [2.75, 3.05) is 29.9 Å². The molecule has 1 aromatic heterocycles. The summed E-state index contributed by atoms with van der Waals surface area (Å²) >= 11 is 0. The summed E-state index contributed by atoms with van der Waals surface area (Å²) < 4.78 is 5.71. The Morgan fingerprint density at radius 2 is 1.71 bits per heavy atom. The molecule has 0 spiro atoms. The molecule has 2 N–H and O–H groups in total. The van der Waals surface area contributed by atoms with Gasteiger partial charge in [0.2, 0.25) is 5.95 Å². The average Bonchev–Trinajstić information content (AvgIpc) is 2.73. The highest BCUT2D eigenvalue weighted by molar-refractivity contribution is 5.73. The first-order chi connectivity index (χ1) is 13.7. The summed E-state index contributed by atoms with van der Waals surface area (Å²) in [6.07, 6.45) is 3.36. The van der Waals surface area contributed by atoms with E-state index < -0.39 is 5.97 Å². The first-order valence-corrected chi connectivity index (χ1v) is 8.95. The van der Waals surface area contributed by atoms with Crippen LogP contribution in [0.5, 0.6) is 5.75 Å². The number of hydrogen-bond donors (Lipinski definition) is 2. The number of anilines is 2. The van der Waals surface area contributed by atoms with E-state index in [9.17, 15) is 9.90 Å². The molecule has 28 heavy (non-hydrogen) atoms. The molecule has 0 aliphatic rings. The standard InChI is InChI=1S/C21H22N4O3/c26-20(27)16-25(18-5-2-1-3-6-18)15-17-7-9-19(10-8-17)28-14-13-24-21-22-11-4-12-23-21/h1-12H,13-16H2,(H,26,27)(H,22,23,24). The minimum absolute atomic E-state index is 0.0600. The molecule has 0 atom stereocenters. The molecule has 0 radical (unpaired) electrons. The van der Waals surface area contributed by atoms with Crippen molar-refractivity contribution in [3.8, 4) is 5.75 Å². The van der Waals surface area contributed by atoms with Crippen molar-refractivity contribution in [1.82, 2.24) is 9.97 Å². The highest BCUT2D eigenvalue weighted by atomic mass is 16.5. The molecule has 3 aromatic rings. The van der Waals surface area contributed by atoms with Gasteiger partial charge in [-0.05, 0) is 35.9 Å². The van der Waals surface area contributed by atoms with Crippen molar-refractivity contribution in [2.45, 2.75) is 6.54 Å². The largest absolute Gasteiger partial charge is 0.492 e. The molecule has 2 aromatic carbocycles. The molecule has 0 saturated carbocycles. The lowest BCUT2D eigenvalue weighted by Gasteiger charge is -2.23. The van der Waals surface area contributed by atoms with Crippen LogP contribution in [0.3, 0.4) is 0 Å². The van der Waals surface area contributed by atoms with Gasteiger partial charge in [0.25, 0.3) is 0 Å². The van der Waals surface area contributed by atoms with E-state index >= 15 is 0 Å². The molecule has 0 bridgehead atoms. The molecule has 0 fully saturated rings. The van der Waals surface area contributed by atoms with E-state index in [0.29, 0.717) is 25.6 Å². The van der Waals surface area contributed by atoms with Crippen LogP contribution in [0.25, 0.3) is 0 Å². The fourth-order valence-electron chi connectivity index (χ4n) is 2.67. The second-order valence-electron chi connectivity index (χ2n) is 6.08. The van der Waals surface area contributed by atoms with Crippen molar-refractivity contribution in [3.05, 3.63) is 78.6 Å². The third kappa shape index (κ3) is 5.98. The number of aliphatic carboxylic acids is 1. The number of benzene rings is 2. The SMILES string of the molecule is O=C(O)CN(Cc1ccc(OCCNc2ncccn2)cc1)c1ccccc1. The van der Waals surface area contributed by atoms with Crippen LogP contribution in [0.4, 0.5) is 11.6 Å². The van der Waals surface area contributed by atoms with Crippen LogP contribution >= 0.6 is 0 Å². The lowest BCUT2D eigenvalue weighted by Crippen LogP contribution is -2.29. The smallest absolute Gasteiger partial charge is 0.323 e. The number of hydrogen-bond acceptors (Lipinski definition) is 6. The monoisotopic (exact) mass is 378 g/mol. The van der Waals surface area contributed by atoms with Crippen molar-refractivity contribution >= 4 is 17.6 Å². The lowest BCUT2D eigenvalue weighted by atomic mass is 10.2. The Bertz CT molecular complexity index is 858. The van der Waals surface area contributed by atoms with E-state index in [-0.39, 0.29) is 6.54 Å². The molecule has 7 nitrogen and oxygen atoms in total. The Hall–Kier alpha value is -3.61. The number of para-hydroxylation sites is 1. The number of carbonyl (C=O) groups is 1. The fourth-order valence-corrected chi connectivity index (χ4v) is 2.67. The summed E-state index contributed by atoms with van der Waals surface area (Å²) in [7, 11) is 0. The minimum Gasteiger partial charge on any atom is -0.492 e. The first kappa shape index (κ1) is 19.2. The van der Waals surface area contributed by atoms with Crippen molar-refractivity contribution in [2.24, 2.45) is 0 Å². The van der Waals surface area contributed by atoms with Crippen LogP contribution in [0.1, 0.15) is 5.56 Å². The number of nitrogens with zero attached hydrogens (tertiary/aromatic N) is 3. The molecule has 7 heteroatoms. The number of ether oxygens (including phenoxy) is 1. The Morgan fingerprint density at radius 1 is 1.00 bits per heavy atom. The summed E-state index contributed by atoms with van der Waals surface area (Å²) in [6.45, 7) is 1.51. The van der Waals surface area contributed by atoms with Gasteiger partial charge in [0, 0.05) is 24.6 Å². The summed E-state index contributed by atoms with van der Waals surface area (Å²) in [4.78, 5) is 21.2. The summed E-state index contributed by atoms with van der Waals surface area (Å²) in [5.41, 5.74) is 1.88. The van der Waals surface area contributed by atoms with E-state index in [4.69, 9.17) is 4.74 Å². The third-order valence-corrected chi connectivity index (χ3v) is 3.96.